The number of aryl methyl sites for hydroxylation is 2. The van der Waals surface area contributed by atoms with Crippen molar-refractivity contribution in [3.05, 3.63) is 63.7 Å². The molecule has 3 amide bonds. The Hall–Kier alpha value is -2.66. The molecule has 128 valence electrons. The topological polar surface area (TPSA) is 66.5 Å². The maximum absolute atomic E-state index is 12.3. The number of amides is 3. The first-order valence-corrected chi connectivity index (χ1v) is 8.27. The van der Waals surface area contributed by atoms with E-state index in [9.17, 15) is 14.4 Å². The summed E-state index contributed by atoms with van der Waals surface area (Å²) in [6.07, 6.45) is 0.0343. The van der Waals surface area contributed by atoms with Crippen LogP contribution >= 0.6 is 11.6 Å². The Morgan fingerprint density at radius 1 is 1.04 bits per heavy atom. The smallest absolute Gasteiger partial charge is 0.261 e. The summed E-state index contributed by atoms with van der Waals surface area (Å²) in [6, 6.07) is 10.4. The molecule has 1 N–H and O–H groups in total. The van der Waals surface area contributed by atoms with Gasteiger partial charge in [-0.25, -0.2) is 0 Å². The summed E-state index contributed by atoms with van der Waals surface area (Å²) in [7, 11) is 0. The molecule has 2 aromatic carbocycles. The molecule has 3 rings (SSSR count). The molecule has 1 aliphatic heterocycles. The number of nitrogens with one attached hydrogen (secondary N) is 1. The Kier molecular flexibility index (Phi) is 4.59. The molecule has 0 saturated carbocycles. The zero-order chi connectivity index (χ0) is 18.1. The maximum atomic E-state index is 12.3. The Balaban J connectivity index is 1.66. The minimum atomic E-state index is -0.415. The lowest BCUT2D eigenvalue weighted by Crippen LogP contribution is -2.32. The molecule has 2 aromatic rings. The van der Waals surface area contributed by atoms with Gasteiger partial charge in [0.25, 0.3) is 11.8 Å². The van der Waals surface area contributed by atoms with Crippen molar-refractivity contribution in [2.24, 2.45) is 0 Å². The van der Waals surface area contributed by atoms with Gasteiger partial charge in [-0.3, -0.25) is 19.3 Å². The van der Waals surface area contributed by atoms with E-state index in [-0.39, 0.29) is 24.4 Å². The SMILES string of the molecule is Cc1ccc(C)c(NC(=O)CCN2C(=O)c3ccc(Cl)cc3C2=O)c1. The van der Waals surface area contributed by atoms with Crippen LogP contribution in [-0.2, 0) is 4.79 Å². The van der Waals surface area contributed by atoms with Crippen molar-refractivity contribution < 1.29 is 14.4 Å². The Morgan fingerprint density at radius 2 is 1.76 bits per heavy atom. The predicted molar refractivity (Wildman–Crippen MR) is 96.0 cm³/mol. The van der Waals surface area contributed by atoms with Crippen molar-refractivity contribution in [3.63, 3.8) is 0 Å². The number of benzene rings is 2. The fourth-order valence-corrected chi connectivity index (χ4v) is 2.93. The van der Waals surface area contributed by atoms with Crippen LogP contribution in [0.1, 0.15) is 38.3 Å². The molecule has 1 aliphatic rings. The quantitative estimate of drug-likeness (QED) is 0.851. The number of carbonyl (C=O) groups is 3. The van der Waals surface area contributed by atoms with Crippen LogP contribution in [-0.4, -0.2) is 29.2 Å². The van der Waals surface area contributed by atoms with E-state index in [2.05, 4.69) is 5.32 Å². The average Bonchev–Trinajstić information content (AvgIpc) is 2.80. The van der Waals surface area contributed by atoms with Crippen molar-refractivity contribution in [1.29, 1.82) is 0 Å². The largest absolute Gasteiger partial charge is 0.326 e. The van der Waals surface area contributed by atoms with E-state index in [0.29, 0.717) is 10.6 Å². The third-order valence-electron chi connectivity index (χ3n) is 4.16. The van der Waals surface area contributed by atoms with Crippen molar-refractivity contribution in [1.82, 2.24) is 4.90 Å². The van der Waals surface area contributed by atoms with Gasteiger partial charge in [0, 0.05) is 23.7 Å². The number of rotatable bonds is 4. The molecule has 5 nitrogen and oxygen atoms in total. The number of nitrogens with zero attached hydrogens (tertiary/aromatic N) is 1. The first kappa shape index (κ1) is 17.2. The number of halogens is 1. The lowest BCUT2D eigenvalue weighted by Gasteiger charge is -2.14. The lowest BCUT2D eigenvalue weighted by molar-refractivity contribution is -0.116. The molecule has 6 heteroatoms. The summed E-state index contributed by atoms with van der Waals surface area (Å²) >= 11 is 5.88. The Morgan fingerprint density at radius 3 is 2.52 bits per heavy atom. The fourth-order valence-electron chi connectivity index (χ4n) is 2.76. The first-order valence-electron chi connectivity index (χ1n) is 7.89. The van der Waals surface area contributed by atoms with E-state index in [1.807, 2.05) is 32.0 Å². The Labute approximate surface area is 150 Å². The van der Waals surface area contributed by atoms with Gasteiger partial charge in [0.1, 0.15) is 0 Å². The third kappa shape index (κ3) is 3.42. The maximum Gasteiger partial charge on any atom is 0.261 e. The number of fused-ring (bicyclic) bond motifs is 1. The van der Waals surface area contributed by atoms with Crippen molar-refractivity contribution in [2.75, 3.05) is 11.9 Å². The number of hydrogen-bond donors (Lipinski definition) is 1. The number of carbonyl (C=O) groups excluding carboxylic acids is 3. The molecule has 0 unspecified atom stereocenters. The van der Waals surface area contributed by atoms with Gasteiger partial charge in [0.2, 0.25) is 5.91 Å². The molecule has 0 saturated heterocycles. The summed E-state index contributed by atoms with van der Waals surface area (Å²) in [6.45, 7) is 3.88. The fraction of sp³-hybridized carbons (Fsp3) is 0.211. The molecule has 0 fully saturated rings. The van der Waals surface area contributed by atoms with Gasteiger partial charge < -0.3 is 5.32 Å². The number of hydrogen-bond acceptors (Lipinski definition) is 3. The van der Waals surface area contributed by atoms with Crippen LogP contribution in [0.2, 0.25) is 5.02 Å². The monoisotopic (exact) mass is 356 g/mol. The van der Waals surface area contributed by atoms with Crippen molar-refractivity contribution in [3.8, 4) is 0 Å². The molecule has 25 heavy (non-hydrogen) atoms. The van der Waals surface area contributed by atoms with Crippen LogP contribution in [0, 0.1) is 13.8 Å². The van der Waals surface area contributed by atoms with Crippen LogP contribution < -0.4 is 5.32 Å². The highest BCUT2D eigenvalue weighted by atomic mass is 35.5. The van der Waals surface area contributed by atoms with Crippen molar-refractivity contribution in [2.45, 2.75) is 20.3 Å². The zero-order valence-corrected chi connectivity index (χ0v) is 14.7. The Bertz CT molecular complexity index is 892. The highest BCUT2D eigenvalue weighted by molar-refractivity contribution is 6.32. The summed E-state index contributed by atoms with van der Waals surface area (Å²) in [5.41, 5.74) is 3.34. The second-order valence-corrected chi connectivity index (χ2v) is 6.50. The second-order valence-electron chi connectivity index (χ2n) is 6.07. The van der Waals surface area contributed by atoms with Gasteiger partial charge in [-0.15, -0.1) is 0 Å². The molecular weight excluding hydrogens is 340 g/mol. The first-order chi connectivity index (χ1) is 11.9. The molecule has 0 aliphatic carbocycles. The van der Waals surface area contributed by atoms with Crippen LogP contribution in [0.25, 0.3) is 0 Å². The highest BCUT2D eigenvalue weighted by Gasteiger charge is 2.35. The van der Waals surface area contributed by atoms with E-state index in [4.69, 9.17) is 11.6 Å². The van der Waals surface area contributed by atoms with Gasteiger partial charge in [-0.2, -0.15) is 0 Å². The van der Waals surface area contributed by atoms with E-state index >= 15 is 0 Å². The van der Waals surface area contributed by atoms with E-state index in [1.54, 1.807) is 6.07 Å². The van der Waals surface area contributed by atoms with E-state index < -0.39 is 11.8 Å². The van der Waals surface area contributed by atoms with Crippen LogP contribution in [0.3, 0.4) is 0 Å². The van der Waals surface area contributed by atoms with E-state index in [1.165, 1.54) is 12.1 Å². The lowest BCUT2D eigenvalue weighted by atomic mass is 10.1. The zero-order valence-electron chi connectivity index (χ0n) is 13.9. The average molecular weight is 357 g/mol. The van der Waals surface area contributed by atoms with Gasteiger partial charge >= 0.3 is 0 Å². The normalized spacial score (nSPS) is 13.2. The minimum absolute atomic E-state index is 0.0284. The van der Waals surface area contributed by atoms with E-state index in [0.717, 1.165) is 21.7 Å². The standard InChI is InChI=1S/C19H17ClN2O3/c1-11-3-4-12(2)16(9-11)21-17(23)7-8-22-18(24)14-6-5-13(20)10-15(14)19(22)25/h3-6,9-10H,7-8H2,1-2H3,(H,21,23). The molecule has 0 aromatic heterocycles. The molecule has 0 radical (unpaired) electrons. The molecule has 1 heterocycles. The summed E-state index contributed by atoms with van der Waals surface area (Å²) in [5.74, 6) is -1.05. The number of imide groups is 1. The minimum Gasteiger partial charge on any atom is -0.326 e. The van der Waals surface area contributed by atoms with Gasteiger partial charge in [0.15, 0.2) is 0 Å². The predicted octanol–water partition coefficient (Wildman–Crippen LogP) is 3.58. The highest BCUT2D eigenvalue weighted by Crippen LogP contribution is 2.26. The summed E-state index contributed by atoms with van der Waals surface area (Å²) < 4.78 is 0. The number of anilines is 1. The molecule has 0 atom stereocenters. The van der Waals surface area contributed by atoms with Crippen molar-refractivity contribution >= 4 is 35.0 Å². The summed E-state index contributed by atoms with van der Waals surface area (Å²) in [5, 5.41) is 3.22. The third-order valence-corrected chi connectivity index (χ3v) is 4.40. The van der Waals surface area contributed by atoms with Gasteiger partial charge in [0.05, 0.1) is 11.1 Å². The van der Waals surface area contributed by atoms with Crippen LogP contribution in [0.4, 0.5) is 5.69 Å². The molecule has 0 spiro atoms. The van der Waals surface area contributed by atoms with Crippen LogP contribution in [0.5, 0.6) is 0 Å². The van der Waals surface area contributed by atoms with Gasteiger partial charge in [-0.05, 0) is 49.2 Å². The van der Waals surface area contributed by atoms with Gasteiger partial charge in [-0.1, -0.05) is 23.7 Å². The summed E-state index contributed by atoms with van der Waals surface area (Å²) in [4.78, 5) is 37.9. The second kappa shape index (κ2) is 6.69. The molecular formula is C19H17ClN2O3. The molecule has 0 bridgehead atoms. The van der Waals surface area contributed by atoms with Crippen LogP contribution in [0.15, 0.2) is 36.4 Å².